The molecule has 0 aromatic heterocycles. The molecule has 1 aliphatic rings. The predicted molar refractivity (Wildman–Crippen MR) is 106 cm³/mol. The van der Waals surface area contributed by atoms with Crippen LogP contribution in [-0.4, -0.2) is 88.6 Å². The molecule has 0 saturated carbocycles. The molecule has 1 N–H and O–H groups in total. The molecule has 0 bridgehead atoms. The average molecular weight is 413 g/mol. The quantitative estimate of drug-likeness (QED) is 0.288. The fourth-order valence-electron chi connectivity index (χ4n) is 2.10. The van der Waals surface area contributed by atoms with Crippen molar-refractivity contribution >= 4 is 17.7 Å². The van der Waals surface area contributed by atoms with Crippen molar-refractivity contribution in [2.24, 2.45) is 5.41 Å². The highest BCUT2D eigenvalue weighted by molar-refractivity contribution is 6.14. The minimum absolute atomic E-state index is 0.161. The number of imide groups is 1. The summed E-state index contributed by atoms with van der Waals surface area (Å²) in [6.07, 6.45) is 4.41. The number of ether oxygens (including phenoxy) is 4. The number of nitrogens with one attached hydrogen (secondary N) is 1. The van der Waals surface area contributed by atoms with Crippen LogP contribution in [0.3, 0.4) is 0 Å². The molecule has 9 nitrogen and oxygen atoms in total. The Kier molecular flexibility index (Phi) is 12.4. The van der Waals surface area contributed by atoms with E-state index in [0.29, 0.717) is 52.9 Å². The van der Waals surface area contributed by atoms with E-state index in [1.165, 1.54) is 0 Å². The number of amides is 3. The number of nitrogens with zero attached hydrogens (tertiary/aromatic N) is 1. The van der Waals surface area contributed by atoms with Gasteiger partial charge in [0, 0.05) is 18.7 Å². The van der Waals surface area contributed by atoms with Crippen LogP contribution in [0, 0.1) is 11.8 Å². The maximum absolute atomic E-state index is 11.7. The molecular weight excluding hydrogens is 380 g/mol. The van der Waals surface area contributed by atoms with Crippen molar-refractivity contribution in [1.29, 1.82) is 0 Å². The van der Waals surface area contributed by atoms with Gasteiger partial charge in [-0.15, -0.1) is 0 Å². The van der Waals surface area contributed by atoms with E-state index in [4.69, 9.17) is 18.9 Å². The fraction of sp³-hybridized carbons (Fsp3) is 0.700. The summed E-state index contributed by atoms with van der Waals surface area (Å²) in [6, 6.07) is 0. The highest BCUT2D eigenvalue weighted by Crippen LogP contribution is 2.16. The summed E-state index contributed by atoms with van der Waals surface area (Å²) < 4.78 is 21.5. The molecule has 0 saturated heterocycles. The SMILES string of the molecule is CC(C)(C)[CH]COCCOCCOCCOCCNC(=O)CN1C(=O)C=CC1=O. The summed E-state index contributed by atoms with van der Waals surface area (Å²) in [5, 5.41) is 2.59. The van der Waals surface area contributed by atoms with Gasteiger partial charge < -0.3 is 24.3 Å². The molecule has 1 aliphatic heterocycles. The lowest BCUT2D eigenvalue weighted by molar-refractivity contribution is -0.141. The van der Waals surface area contributed by atoms with Gasteiger partial charge in [0.15, 0.2) is 0 Å². The molecule has 29 heavy (non-hydrogen) atoms. The van der Waals surface area contributed by atoms with Gasteiger partial charge in [-0.2, -0.15) is 0 Å². The Morgan fingerprint density at radius 1 is 0.897 bits per heavy atom. The van der Waals surface area contributed by atoms with Gasteiger partial charge in [0.25, 0.3) is 11.8 Å². The first-order valence-electron chi connectivity index (χ1n) is 9.75. The highest BCUT2D eigenvalue weighted by Gasteiger charge is 2.25. The molecular formula is C20H33N2O7. The predicted octanol–water partition coefficient (Wildman–Crippen LogP) is 0.344. The Morgan fingerprint density at radius 3 is 1.90 bits per heavy atom. The first-order chi connectivity index (χ1) is 13.8. The lowest BCUT2D eigenvalue weighted by Crippen LogP contribution is -2.41. The fourth-order valence-corrected chi connectivity index (χ4v) is 2.10. The molecule has 1 heterocycles. The second-order valence-corrected chi connectivity index (χ2v) is 7.43. The molecule has 0 spiro atoms. The zero-order valence-electron chi connectivity index (χ0n) is 17.6. The van der Waals surface area contributed by atoms with Crippen molar-refractivity contribution in [2.75, 3.05) is 65.9 Å². The van der Waals surface area contributed by atoms with Crippen LogP contribution in [0.15, 0.2) is 12.2 Å². The monoisotopic (exact) mass is 413 g/mol. The van der Waals surface area contributed by atoms with Crippen LogP contribution in [0.5, 0.6) is 0 Å². The van der Waals surface area contributed by atoms with Crippen molar-refractivity contribution in [2.45, 2.75) is 20.8 Å². The van der Waals surface area contributed by atoms with Crippen molar-refractivity contribution in [1.82, 2.24) is 10.2 Å². The van der Waals surface area contributed by atoms with Crippen LogP contribution in [0.1, 0.15) is 20.8 Å². The van der Waals surface area contributed by atoms with Crippen LogP contribution in [0.4, 0.5) is 0 Å². The van der Waals surface area contributed by atoms with E-state index in [9.17, 15) is 14.4 Å². The largest absolute Gasteiger partial charge is 0.379 e. The molecule has 1 rings (SSSR count). The topological polar surface area (TPSA) is 103 Å². The molecule has 0 fully saturated rings. The van der Waals surface area contributed by atoms with Crippen molar-refractivity contribution in [3.63, 3.8) is 0 Å². The van der Waals surface area contributed by atoms with Gasteiger partial charge in [0.2, 0.25) is 5.91 Å². The normalized spacial score (nSPS) is 14.1. The van der Waals surface area contributed by atoms with Crippen molar-refractivity contribution in [3.8, 4) is 0 Å². The Balaban J connectivity index is 1.81. The van der Waals surface area contributed by atoms with Gasteiger partial charge in [-0.3, -0.25) is 19.3 Å². The molecule has 0 aliphatic carbocycles. The lowest BCUT2D eigenvalue weighted by atomic mass is 9.93. The second-order valence-electron chi connectivity index (χ2n) is 7.43. The van der Waals surface area contributed by atoms with E-state index >= 15 is 0 Å². The Morgan fingerprint density at radius 2 is 1.38 bits per heavy atom. The van der Waals surface area contributed by atoms with Crippen LogP contribution < -0.4 is 5.32 Å². The zero-order valence-corrected chi connectivity index (χ0v) is 17.6. The summed E-state index contributed by atoms with van der Waals surface area (Å²) in [6.45, 7) is 10.2. The molecule has 0 aromatic carbocycles. The molecule has 0 unspecified atom stereocenters. The molecule has 165 valence electrons. The summed E-state index contributed by atoms with van der Waals surface area (Å²) in [7, 11) is 0. The van der Waals surface area contributed by atoms with Gasteiger partial charge in [-0.1, -0.05) is 20.8 Å². The Bertz CT molecular complexity index is 525. The summed E-state index contributed by atoms with van der Waals surface area (Å²) in [5.74, 6) is -1.36. The van der Waals surface area contributed by atoms with Crippen LogP contribution in [0.25, 0.3) is 0 Å². The summed E-state index contributed by atoms with van der Waals surface area (Å²) in [5.41, 5.74) is 0.161. The van der Waals surface area contributed by atoms with Crippen LogP contribution >= 0.6 is 0 Å². The molecule has 0 atom stereocenters. The Hall–Kier alpha value is -1.81. The maximum Gasteiger partial charge on any atom is 0.254 e. The first kappa shape index (κ1) is 25.2. The van der Waals surface area contributed by atoms with Crippen molar-refractivity contribution < 1.29 is 33.3 Å². The second kappa shape index (κ2) is 14.2. The van der Waals surface area contributed by atoms with E-state index in [0.717, 1.165) is 17.1 Å². The Labute approximate surface area is 172 Å². The number of carbonyl (C=O) groups is 3. The molecule has 3 amide bonds. The van der Waals surface area contributed by atoms with Gasteiger partial charge in [0.1, 0.15) is 6.54 Å². The van der Waals surface area contributed by atoms with E-state index in [-0.39, 0.29) is 18.5 Å². The van der Waals surface area contributed by atoms with E-state index in [1.54, 1.807) is 0 Å². The van der Waals surface area contributed by atoms with E-state index in [2.05, 4.69) is 32.5 Å². The van der Waals surface area contributed by atoms with Gasteiger partial charge in [-0.25, -0.2) is 0 Å². The summed E-state index contributed by atoms with van der Waals surface area (Å²) >= 11 is 0. The smallest absolute Gasteiger partial charge is 0.254 e. The van der Waals surface area contributed by atoms with Crippen LogP contribution in [-0.2, 0) is 33.3 Å². The standard InChI is InChI=1S/C20H33N2O7/c1-20(2,3)6-8-26-10-12-28-14-15-29-13-11-27-9-7-21-17(23)16-22-18(24)4-5-19(22)25/h4-6H,7-16H2,1-3H3,(H,21,23). The van der Waals surface area contributed by atoms with E-state index < -0.39 is 17.7 Å². The molecule has 1 radical (unpaired) electrons. The van der Waals surface area contributed by atoms with Gasteiger partial charge >= 0.3 is 0 Å². The zero-order chi connectivity index (χ0) is 21.5. The summed E-state index contributed by atoms with van der Waals surface area (Å²) in [4.78, 5) is 35.2. The van der Waals surface area contributed by atoms with E-state index in [1.807, 2.05) is 0 Å². The number of carbonyl (C=O) groups excluding carboxylic acids is 3. The minimum Gasteiger partial charge on any atom is -0.379 e. The van der Waals surface area contributed by atoms with Crippen LogP contribution in [0.2, 0.25) is 0 Å². The number of hydrogen-bond donors (Lipinski definition) is 1. The number of rotatable bonds is 16. The maximum atomic E-state index is 11.7. The average Bonchev–Trinajstić information content (AvgIpc) is 2.96. The highest BCUT2D eigenvalue weighted by atomic mass is 16.6. The first-order valence-corrected chi connectivity index (χ1v) is 9.75. The molecule has 9 heteroatoms. The van der Waals surface area contributed by atoms with Crippen molar-refractivity contribution in [3.05, 3.63) is 18.6 Å². The third-order valence-electron chi connectivity index (χ3n) is 3.70. The third-order valence-corrected chi connectivity index (χ3v) is 3.70. The van der Waals surface area contributed by atoms with Gasteiger partial charge in [-0.05, 0) is 11.8 Å². The third kappa shape index (κ3) is 13.1. The number of hydrogen-bond acceptors (Lipinski definition) is 7. The lowest BCUT2D eigenvalue weighted by Gasteiger charge is -2.17. The van der Waals surface area contributed by atoms with Gasteiger partial charge in [0.05, 0.1) is 52.9 Å². The minimum atomic E-state index is -0.478. The molecule has 0 aromatic rings.